The normalized spacial score (nSPS) is 16.1. The number of rotatable bonds is 7. The second-order valence-electron chi connectivity index (χ2n) is 5.61. The van der Waals surface area contributed by atoms with Crippen molar-refractivity contribution in [3.05, 3.63) is 24.2 Å². The van der Waals surface area contributed by atoms with Crippen molar-refractivity contribution in [1.82, 2.24) is 5.32 Å². The Balaban J connectivity index is 2.58. The highest BCUT2D eigenvalue weighted by Gasteiger charge is 2.29. The van der Waals surface area contributed by atoms with E-state index in [-0.39, 0.29) is 18.4 Å². The molecule has 0 aromatic carbocycles. The smallest absolute Gasteiger partial charge is 0.223 e. The van der Waals surface area contributed by atoms with Crippen LogP contribution >= 0.6 is 0 Å². The number of furan rings is 1. The fourth-order valence-electron chi connectivity index (χ4n) is 2.14. The molecule has 0 saturated heterocycles. The van der Waals surface area contributed by atoms with Gasteiger partial charge in [-0.2, -0.15) is 0 Å². The molecule has 0 radical (unpaired) electrons. The number of hydrogen-bond acceptors (Lipinski definition) is 3. The van der Waals surface area contributed by atoms with Crippen molar-refractivity contribution < 1.29 is 14.3 Å². The van der Waals surface area contributed by atoms with Gasteiger partial charge in [-0.25, -0.2) is 0 Å². The number of carbonyl (C=O) groups excluding carboxylic acids is 1. The van der Waals surface area contributed by atoms with E-state index in [9.17, 15) is 9.90 Å². The summed E-state index contributed by atoms with van der Waals surface area (Å²) < 4.78 is 5.18. The Kier molecular flexibility index (Phi) is 5.60. The quantitative estimate of drug-likeness (QED) is 0.798. The Hall–Kier alpha value is -1.29. The first kappa shape index (κ1) is 15.8. The van der Waals surface area contributed by atoms with Gasteiger partial charge in [0, 0.05) is 5.92 Å². The maximum atomic E-state index is 12.1. The third-order valence-electron chi connectivity index (χ3n) is 3.40. The van der Waals surface area contributed by atoms with Crippen LogP contribution in [0.5, 0.6) is 0 Å². The first-order valence-electron chi connectivity index (χ1n) is 6.92. The Morgan fingerprint density at radius 3 is 2.68 bits per heavy atom. The zero-order valence-corrected chi connectivity index (χ0v) is 12.3. The third kappa shape index (κ3) is 4.39. The van der Waals surface area contributed by atoms with Crippen molar-refractivity contribution in [2.24, 2.45) is 11.8 Å². The minimum absolute atomic E-state index is 0.00241. The van der Waals surface area contributed by atoms with Crippen LogP contribution in [-0.4, -0.2) is 17.6 Å². The standard InChI is InChI=1S/C15H25NO3/c1-5-7-12(11(2)3)14(17)16-10-15(4,18)13-8-6-9-19-13/h6,8-9,11-12,18H,5,7,10H2,1-4H3,(H,16,17). The molecule has 4 heteroatoms. The highest BCUT2D eigenvalue weighted by Crippen LogP contribution is 2.21. The van der Waals surface area contributed by atoms with Crippen molar-refractivity contribution in [3.63, 3.8) is 0 Å². The van der Waals surface area contributed by atoms with Crippen LogP contribution in [0.15, 0.2) is 22.8 Å². The molecule has 1 amide bonds. The molecule has 0 aliphatic heterocycles. The van der Waals surface area contributed by atoms with Crippen LogP contribution in [0.4, 0.5) is 0 Å². The first-order valence-corrected chi connectivity index (χ1v) is 6.92. The number of nitrogens with one attached hydrogen (secondary N) is 1. The average Bonchev–Trinajstić information content (AvgIpc) is 2.87. The van der Waals surface area contributed by atoms with Crippen LogP contribution in [0, 0.1) is 11.8 Å². The summed E-state index contributed by atoms with van der Waals surface area (Å²) in [4.78, 5) is 12.1. The monoisotopic (exact) mass is 267 g/mol. The van der Waals surface area contributed by atoms with E-state index in [0.717, 1.165) is 12.8 Å². The zero-order chi connectivity index (χ0) is 14.5. The molecule has 0 aliphatic carbocycles. The van der Waals surface area contributed by atoms with Crippen LogP contribution in [0.3, 0.4) is 0 Å². The average molecular weight is 267 g/mol. The van der Waals surface area contributed by atoms with Gasteiger partial charge in [0.15, 0.2) is 0 Å². The minimum Gasteiger partial charge on any atom is -0.466 e. The second kappa shape index (κ2) is 6.75. The van der Waals surface area contributed by atoms with Gasteiger partial charge in [0.2, 0.25) is 5.91 Å². The summed E-state index contributed by atoms with van der Waals surface area (Å²) in [7, 11) is 0. The van der Waals surface area contributed by atoms with Gasteiger partial charge in [0.1, 0.15) is 11.4 Å². The predicted molar refractivity (Wildman–Crippen MR) is 74.5 cm³/mol. The molecule has 0 bridgehead atoms. The summed E-state index contributed by atoms with van der Waals surface area (Å²) >= 11 is 0. The fourth-order valence-corrected chi connectivity index (χ4v) is 2.14. The highest BCUT2D eigenvalue weighted by atomic mass is 16.4. The molecule has 0 saturated carbocycles. The summed E-state index contributed by atoms with van der Waals surface area (Å²) in [5, 5.41) is 13.1. The molecule has 1 heterocycles. The molecule has 4 nitrogen and oxygen atoms in total. The van der Waals surface area contributed by atoms with Crippen molar-refractivity contribution in [1.29, 1.82) is 0 Å². The van der Waals surface area contributed by atoms with Gasteiger partial charge >= 0.3 is 0 Å². The van der Waals surface area contributed by atoms with Crippen LogP contribution in [0.25, 0.3) is 0 Å². The van der Waals surface area contributed by atoms with Gasteiger partial charge in [-0.3, -0.25) is 4.79 Å². The summed E-state index contributed by atoms with van der Waals surface area (Å²) in [6.07, 6.45) is 3.36. The van der Waals surface area contributed by atoms with E-state index < -0.39 is 5.60 Å². The largest absolute Gasteiger partial charge is 0.466 e. The first-order chi connectivity index (χ1) is 8.88. The van der Waals surface area contributed by atoms with Gasteiger partial charge in [-0.1, -0.05) is 27.2 Å². The molecule has 1 rings (SSSR count). The lowest BCUT2D eigenvalue weighted by Crippen LogP contribution is -2.42. The topological polar surface area (TPSA) is 62.5 Å². The van der Waals surface area contributed by atoms with Crippen molar-refractivity contribution in [3.8, 4) is 0 Å². The van der Waals surface area contributed by atoms with E-state index in [1.54, 1.807) is 19.1 Å². The van der Waals surface area contributed by atoms with Gasteiger partial charge in [0.05, 0.1) is 12.8 Å². The molecule has 2 atom stereocenters. The lowest BCUT2D eigenvalue weighted by atomic mass is 9.90. The second-order valence-corrected chi connectivity index (χ2v) is 5.61. The summed E-state index contributed by atoms with van der Waals surface area (Å²) in [6.45, 7) is 7.96. The summed E-state index contributed by atoms with van der Waals surface area (Å²) in [5.41, 5.74) is -1.17. The molecule has 2 N–H and O–H groups in total. The molecule has 2 unspecified atom stereocenters. The van der Waals surface area contributed by atoms with Crippen LogP contribution < -0.4 is 5.32 Å². The van der Waals surface area contributed by atoms with Crippen molar-refractivity contribution in [2.75, 3.05) is 6.54 Å². The molecule has 1 aromatic rings. The summed E-state index contributed by atoms with van der Waals surface area (Å²) in [6, 6.07) is 3.43. The Morgan fingerprint density at radius 1 is 1.53 bits per heavy atom. The number of amides is 1. The molecular weight excluding hydrogens is 242 g/mol. The third-order valence-corrected chi connectivity index (χ3v) is 3.40. The lowest BCUT2D eigenvalue weighted by Gasteiger charge is -2.24. The minimum atomic E-state index is -1.17. The van der Waals surface area contributed by atoms with E-state index in [0.29, 0.717) is 11.7 Å². The molecule has 108 valence electrons. The van der Waals surface area contributed by atoms with Gasteiger partial charge < -0.3 is 14.8 Å². The Labute approximate surface area is 115 Å². The summed E-state index contributed by atoms with van der Waals surface area (Å²) in [5.74, 6) is 0.763. The lowest BCUT2D eigenvalue weighted by molar-refractivity contribution is -0.128. The van der Waals surface area contributed by atoms with E-state index >= 15 is 0 Å². The molecule has 0 aliphatic rings. The van der Waals surface area contributed by atoms with E-state index in [1.807, 2.05) is 13.8 Å². The van der Waals surface area contributed by atoms with Crippen LogP contribution in [-0.2, 0) is 10.4 Å². The van der Waals surface area contributed by atoms with Crippen molar-refractivity contribution >= 4 is 5.91 Å². The molecular formula is C15H25NO3. The molecule has 0 fully saturated rings. The van der Waals surface area contributed by atoms with E-state index in [1.165, 1.54) is 6.26 Å². The van der Waals surface area contributed by atoms with E-state index in [2.05, 4.69) is 12.2 Å². The van der Waals surface area contributed by atoms with Gasteiger partial charge in [-0.05, 0) is 31.4 Å². The van der Waals surface area contributed by atoms with Crippen LogP contribution in [0.1, 0.15) is 46.3 Å². The number of aliphatic hydroxyl groups is 1. The maximum absolute atomic E-state index is 12.1. The van der Waals surface area contributed by atoms with Crippen LogP contribution in [0.2, 0.25) is 0 Å². The Bertz CT molecular complexity index is 382. The maximum Gasteiger partial charge on any atom is 0.223 e. The number of carbonyl (C=O) groups is 1. The SMILES string of the molecule is CCCC(C(=O)NCC(C)(O)c1ccco1)C(C)C. The molecule has 0 spiro atoms. The van der Waals surface area contributed by atoms with E-state index in [4.69, 9.17) is 4.42 Å². The Morgan fingerprint density at radius 2 is 2.21 bits per heavy atom. The molecule has 1 aromatic heterocycles. The van der Waals surface area contributed by atoms with Crippen molar-refractivity contribution in [2.45, 2.75) is 46.1 Å². The fraction of sp³-hybridized carbons (Fsp3) is 0.667. The van der Waals surface area contributed by atoms with Gasteiger partial charge in [-0.15, -0.1) is 0 Å². The number of hydrogen-bond donors (Lipinski definition) is 2. The molecule has 19 heavy (non-hydrogen) atoms. The highest BCUT2D eigenvalue weighted by molar-refractivity contribution is 5.78. The van der Waals surface area contributed by atoms with Gasteiger partial charge in [0.25, 0.3) is 0 Å². The zero-order valence-electron chi connectivity index (χ0n) is 12.3. The predicted octanol–water partition coefficient (Wildman–Crippen LogP) is 2.68.